The van der Waals surface area contributed by atoms with Crippen LogP contribution in [0, 0.1) is 0 Å². The summed E-state index contributed by atoms with van der Waals surface area (Å²) < 4.78 is 4.56. The van der Waals surface area contributed by atoms with Gasteiger partial charge in [-0.1, -0.05) is 43.4 Å². The van der Waals surface area contributed by atoms with E-state index >= 15 is 0 Å². The third kappa shape index (κ3) is 12.8. The van der Waals surface area contributed by atoms with Crippen molar-refractivity contribution >= 4 is 5.97 Å². The first-order chi connectivity index (χ1) is 8.81. The van der Waals surface area contributed by atoms with Crippen LogP contribution in [0.3, 0.4) is 0 Å². The molecule has 0 bridgehead atoms. The van der Waals surface area contributed by atoms with E-state index in [0.29, 0.717) is 6.42 Å². The van der Waals surface area contributed by atoms with Crippen molar-refractivity contribution in [1.82, 2.24) is 0 Å². The molecule has 102 valence electrons. The Balaban J connectivity index is 3.31. The lowest BCUT2D eigenvalue weighted by atomic mass is 10.2. The van der Waals surface area contributed by atoms with Crippen LogP contribution in [0.2, 0.25) is 0 Å². The van der Waals surface area contributed by atoms with Gasteiger partial charge in [-0.05, 0) is 38.5 Å². The first kappa shape index (κ1) is 16.7. The van der Waals surface area contributed by atoms with Crippen molar-refractivity contribution in [1.29, 1.82) is 0 Å². The summed E-state index contributed by atoms with van der Waals surface area (Å²) in [5.74, 6) is -0.136. The predicted octanol–water partition coefficient (Wildman–Crippen LogP) is 4.58. The maximum Gasteiger partial charge on any atom is 0.305 e. The summed E-state index contributed by atoms with van der Waals surface area (Å²) in [6.45, 7) is 2.15. The van der Waals surface area contributed by atoms with Crippen LogP contribution >= 0.6 is 0 Å². The Morgan fingerprint density at radius 2 is 1.56 bits per heavy atom. The average molecular weight is 250 g/mol. The van der Waals surface area contributed by atoms with Gasteiger partial charge in [0, 0.05) is 6.42 Å². The predicted molar refractivity (Wildman–Crippen MR) is 77.4 cm³/mol. The van der Waals surface area contributed by atoms with Crippen molar-refractivity contribution in [2.75, 3.05) is 7.11 Å². The molecule has 0 aromatic heterocycles. The summed E-state index contributed by atoms with van der Waals surface area (Å²) in [6.07, 6.45) is 19.8. The van der Waals surface area contributed by atoms with Crippen molar-refractivity contribution in [3.05, 3.63) is 36.5 Å². The van der Waals surface area contributed by atoms with Gasteiger partial charge >= 0.3 is 5.97 Å². The number of methoxy groups -OCH3 is 1. The van der Waals surface area contributed by atoms with Gasteiger partial charge in [0.05, 0.1) is 7.11 Å². The van der Waals surface area contributed by atoms with Gasteiger partial charge < -0.3 is 4.74 Å². The smallest absolute Gasteiger partial charge is 0.305 e. The summed E-state index contributed by atoms with van der Waals surface area (Å²) in [5, 5.41) is 0. The van der Waals surface area contributed by atoms with E-state index in [4.69, 9.17) is 0 Å². The Hall–Kier alpha value is -1.31. The normalized spacial score (nSPS) is 11.9. The second-order valence-corrected chi connectivity index (χ2v) is 4.10. The number of allylic oxidation sites excluding steroid dienone is 6. The highest BCUT2D eigenvalue weighted by Crippen LogP contribution is 2.01. The van der Waals surface area contributed by atoms with Crippen LogP contribution in [0.5, 0.6) is 0 Å². The van der Waals surface area contributed by atoms with Crippen molar-refractivity contribution in [2.24, 2.45) is 0 Å². The first-order valence-electron chi connectivity index (χ1n) is 6.83. The molecule has 0 fully saturated rings. The Kier molecular flexibility index (Phi) is 12.8. The van der Waals surface area contributed by atoms with Gasteiger partial charge in [0.15, 0.2) is 0 Å². The number of ether oxygens (including phenoxy) is 1. The standard InChI is InChI=1S/C16H26O2/c1-3-4-5-6-7-8-9-10-11-12-13-14-15-16(17)18-2/h4-5,7-8,12-13H,3,6,9-11,14-15H2,1-2H3. The Labute approximate surface area is 111 Å². The number of unbranched alkanes of at least 4 members (excludes halogenated alkanes) is 2. The zero-order chi connectivity index (χ0) is 13.5. The Bertz CT molecular complexity index is 275. The molecule has 0 amide bonds. The molecule has 0 unspecified atom stereocenters. The number of carbonyl (C=O) groups is 1. The molecule has 0 saturated heterocycles. The van der Waals surface area contributed by atoms with E-state index in [1.54, 1.807) is 0 Å². The molecule has 0 aliphatic heterocycles. The quantitative estimate of drug-likeness (QED) is 0.322. The van der Waals surface area contributed by atoms with Crippen molar-refractivity contribution in [3.8, 4) is 0 Å². The van der Waals surface area contributed by atoms with Crippen molar-refractivity contribution in [2.45, 2.75) is 51.9 Å². The molecule has 0 radical (unpaired) electrons. The molecule has 18 heavy (non-hydrogen) atoms. The Morgan fingerprint density at radius 1 is 0.944 bits per heavy atom. The summed E-state index contributed by atoms with van der Waals surface area (Å²) in [6, 6.07) is 0. The highest BCUT2D eigenvalue weighted by atomic mass is 16.5. The zero-order valence-electron chi connectivity index (χ0n) is 11.7. The molecule has 0 aromatic rings. The van der Waals surface area contributed by atoms with Gasteiger partial charge in [0.2, 0.25) is 0 Å². The summed E-state index contributed by atoms with van der Waals surface area (Å²) >= 11 is 0. The molecule has 0 saturated carbocycles. The minimum absolute atomic E-state index is 0.136. The molecule has 2 nitrogen and oxygen atoms in total. The number of hydrogen-bond acceptors (Lipinski definition) is 2. The van der Waals surface area contributed by atoms with Gasteiger partial charge in [-0.2, -0.15) is 0 Å². The van der Waals surface area contributed by atoms with E-state index in [1.807, 2.05) is 0 Å². The van der Waals surface area contributed by atoms with E-state index in [0.717, 1.165) is 32.1 Å². The lowest BCUT2D eigenvalue weighted by molar-refractivity contribution is -0.140. The molecule has 0 heterocycles. The number of carbonyl (C=O) groups excluding carboxylic acids is 1. The van der Waals surface area contributed by atoms with Gasteiger partial charge in [0.1, 0.15) is 0 Å². The molecule has 0 aliphatic rings. The van der Waals surface area contributed by atoms with Crippen LogP contribution in [0.15, 0.2) is 36.5 Å². The van der Waals surface area contributed by atoms with E-state index < -0.39 is 0 Å². The van der Waals surface area contributed by atoms with Gasteiger partial charge in [-0.3, -0.25) is 4.79 Å². The first-order valence-corrected chi connectivity index (χ1v) is 6.83. The summed E-state index contributed by atoms with van der Waals surface area (Å²) in [4.78, 5) is 10.8. The fraction of sp³-hybridized carbons (Fsp3) is 0.562. The van der Waals surface area contributed by atoms with Gasteiger partial charge in [-0.25, -0.2) is 0 Å². The third-order valence-corrected chi connectivity index (χ3v) is 2.49. The van der Waals surface area contributed by atoms with Crippen LogP contribution < -0.4 is 0 Å². The largest absolute Gasteiger partial charge is 0.469 e. The second-order valence-electron chi connectivity index (χ2n) is 4.10. The lowest BCUT2D eigenvalue weighted by Gasteiger charge is -1.94. The van der Waals surface area contributed by atoms with Crippen LogP contribution in [0.25, 0.3) is 0 Å². The van der Waals surface area contributed by atoms with E-state index in [-0.39, 0.29) is 5.97 Å². The second kappa shape index (κ2) is 13.8. The highest BCUT2D eigenvalue weighted by molar-refractivity contribution is 5.69. The monoisotopic (exact) mass is 250 g/mol. The lowest BCUT2D eigenvalue weighted by Crippen LogP contribution is -1.97. The summed E-state index contributed by atoms with van der Waals surface area (Å²) in [5.41, 5.74) is 0. The molecule has 0 aliphatic carbocycles. The van der Waals surface area contributed by atoms with Gasteiger partial charge in [0.25, 0.3) is 0 Å². The molecule has 0 N–H and O–H groups in total. The molecular formula is C16H26O2. The topological polar surface area (TPSA) is 26.3 Å². The minimum Gasteiger partial charge on any atom is -0.469 e. The maximum atomic E-state index is 10.8. The number of hydrogen-bond donors (Lipinski definition) is 0. The fourth-order valence-electron chi connectivity index (χ4n) is 1.45. The molecule has 0 aromatic carbocycles. The number of rotatable bonds is 10. The Morgan fingerprint density at radius 3 is 2.22 bits per heavy atom. The highest BCUT2D eigenvalue weighted by Gasteiger charge is 1.95. The summed E-state index contributed by atoms with van der Waals surface area (Å²) in [7, 11) is 1.42. The SMILES string of the molecule is CCC=CCC=CCCCC=CCCC(=O)OC. The molecule has 0 spiro atoms. The van der Waals surface area contributed by atoms with Gasteiger partial charge in [-0.15, -0.1) is 0 Å². The van der Waals surface area contributed by atoms with Crippen LogP contribution in [-0.2, 0) is 9.53 Å². The minimum atomic E-state index is -0.136. The van der Waals surface area contributed by atoms with E-state index in [2.05, 4.69) is 48.1 Å². The molecule has 0 atom stereocenters. The van der Waals surface area contributed by atoms with E-state index in [9.17, 15) is 4.79 Å². The molecule has 0 rings (SSSR count). The van der Waals surface area contributed by atoms with Crippen LogP contribution in [-0.4, -0.2) is 13.1 Å². The van der Waals surface area contributed by atoms with Crippen LogP contribution in [0.1, 0.15) is 51.9 Å². The third-order valence-electron chi connectivity index (χ3n) is 2.49. The van der Waals surface area contributed by atoms with E-state index in [1.165, 1.54) is 13.5 Å². The van der Waals surface area contributed by atoms with Crippen LogP contribution in [0.4, 0.5) is 0 Å². The molecule has 2 heteroatoms. The fourth-order valence-corrected chi connectivity index (χ4v) is 1.45. The van der Waals surface area contributed by atoms with Crippen molar-refractivity contribution < 1.29 is 9.53 Å². The average Bonchev–Trinajstić information content (AvgIpc) is 2.39. The maximum absolute atomic E-state index is 10.8. The number of esters is 1. The zero-order valence-corrected chi connectivity index (χ0v) is 11.7. The molecular weight excluding hydrogens is 224 g/mol. The van der Waals surface area contributed by atoms with Crippen molar-refractivity contribution in [3.63, 3.8) is 0 Å².